The van der Waals surface area contributed by atoms with Gasteiger partial charge in [-0.2, -0.15) is 5.10 Å². The molecule has 0 atom stereocenters. The van der Waals surface area contributed by atoms with Crippen LogP contribution in [0.1, 0.15) is 36.4 Å². The minimum Gasteiger partial charge on any atom is -0.490 e. The molecule has 0 radical (unpaired) electrons. The van der Waals surface area contributed by atoms with Gasteiger partial charge in [0.2, 0.25) is 10.0 Å². The van der Waals surface area contributed by atoms with E-state index in [1.54, 1.807) is 6.07 Å². The molecular weight excluding hydrogens is 414 g/mol. The van der Waals surface area contributed by atoms with Crippen molar-refractivity contribution in [3.63, 3.8) is 0 Å². The molecule has 31 heavy (non-hydrogen) atoms. The Balaban J connectivity index is 1.78. The van der Waals surface area contributed by atoms with Crippen molar-refractivity contribution < 1.29 is 17.9 Å². The first-order valence-electron chi connectivity index (χ1n) is 10.3. The Kier molecular flexibility index (Phi) is 7.35. The van der Waals surface area contributed by atoms with Gasteiger partial charge < -0.3 is 9.47 Å². The average molecular weight is 444 g/mol. The average Bonchev–Trinajstić information content (AvgIpc) is 3.01. The summed E-state index contributed by atoms with van der Waals surface area (Å²) in [5.74, 6) is 0.937. The molecule has 0 unspecified atom stereocenters. The highest BCUT2D eigenvalue weighted by molar-refractivity contribution is 7.89. The molecule has 3 rings (SSSR count). The number of nitrogens with one attached hydrogen (secondary N) is 1. The topological polar surface area (TPSA) is 82.5 Å². The minimum absolute atomic E-state index is 0.131. The molecule has 3 aromatic rings. The lowest BCUT2D eigenvalue weighted by atomic mass is 10.2. The summed E-state index contributed by atoms with van der Waals surface area (Å²) in [6.07, 6.45) is 0. The van der Waals surface area contributed by atoms with E-state index in [0.29, 0.717) is 31.3 Å². The lowest BCUT2D eigenvalue weighted by molar-refractivity contribution is 0.287. The Bertz CT molecular complexity index is 1130. The molecule has 0 bridgehead atoms. The third kappa shape index (κ3) is 5.45. The van der Waals surface area contributed by atoms with Crippen molar-refractivity contribution in [2.45, 2.75) is 45.7 Å². The summed E-state index contributed by atoms with van der Waals surface area (Å²) < 4.78 is 41.5. The van der Waals surface area contributed by atoms with E-state index in [1.165, 1.54) is 12.1 Å². The van der Waals surface area contributed by atoms with Gasteiger partial charge in [0, 0.05) is 23.9 Å². The standard InChI is InChI=1S/C23H29N3O4S/c1-5-29-22-13-12-20(14-23(22)30-6-2)31(27,28)24-15-21-17(3)25-26(18(21)4)16-19-10-8-7-9-11-19/h7-14,24H,5-6,15-16H2,1-4H3. The number of hydrogen-bond acceptors (Lipinski definition) is 5. The van der Waals surface area contributed by atoms with Crippen LogP contribution in [0, 0.1) is 13.8 Å². The quantitative estimate of drug-likeness (QED) is 0.515. The Hall–Kier alpha value is -2.84. The molecule has 0 aliphatic rings. The number of aromatic nitrogens is 2. The van der Waals surface area contributed by atoms with Crippen LogP contribution in [-0.4, -0.2) is 31.4 Å². The number of aryl methyl sites for hydroxylation is 1. The second-order valence-corrected chi connectivity index (χ2v) is 8.86. The fraction of sp³-hybridized carbons (Fsp3) is 0.348. The van der Waals surface area contributed by atoms with Crippen molar-refractivity contribution in [1.29, 1.82) is 0 Å². The van der Waals surface area contributed by atoms with Crippen molar-refractivity contribution in [3.05, 3.63) is 71.0 Å². The SMILES string of the molecule is CCOc1ccc(S(=O)(=O)NCc2c(C)nn(Cc3ccccc3)c2C)cc1OCC. The lowest BCUT2D eigenvalue weighted by Gasteiger charge is -2.13. The van der Waals surface area contributed by atoms with Crippen LogP contribution < -0.4 is 14.2 Å². The van der Waals surface area contributed by atoms with Gasteiger partial charge in [0.25, 0.3) is 0 Å². The molecule has 0 amide bonds. The molecule has 0 aliphatic heterocycles. The van der Waals surface area contributed by atoms with E-state index in [0.717, 1.165) is 22.5 Å². The molecule has 8 heteroatoms. The molecule has 1 aromatic heterocycles. The van der Waals surface area contributed by atoms with Crippen molar-refractivity contribution in [2.24, 2.45) is 0 Å². The summed E-state index contributed by atoms with van der Waals surface area (Å²) in [7, 11) is -3.74. The maximum absolute atomic E-state index is 12.9. The first-order valence-corrected chi connectivity index (χ1v) is 11.8. The molecule has 2 aromatic carbocycles. The van der Waals surface area contributed by atoms with Gasteiger partial charge in [-0.1, -0.05) is 30.3 Å². The van der Waals surface area contributed by atoms with Crippen LogP contribution >= 0.6 is 0 Å². The van der Waals surface area contributed by atoms with E-state index in [4.69, 9.17) is 9.47 Å². The van der Waals surface area contributed by atoms with Crippen LogP contribution in [0.25, 0.3) is 0 Å². The molecule has 0 spiro atoms. The molecule has 0 fully saturated rings. The van der Waals surface area contributed by atoms with E-state index in [9.17, 15) is 8.42 Å². The number of hydrogen-bond donors (Lipinski definition) is 1. The largest absolute Gasteiger partial charge is 0.490 e. The molecule has 0 saturated heterocycles. The van der Waals surface area contributed by atoms with Crippen LogP contribution in [0.2, 0.25) is 0 Å². The highest BCUT2D eigenvalue weighted by Crippen LogP contribution is 2.30. The van der Waals surface area contributed by atoms with Crippen LogP contribution in [-0.2, 0) is 23.1 Å². The molecule has 0 aliphatic carbocycles. The van der Waals surface area contributed by atoms with Gasteiger partial charge in [-0.3, -0.25) is 4.68 Å². The Morgan fingerprint density at radius 2 is 1.65 bits per heavy atom. The van der Waals surface area contributed by atoms with E-state index >= 15 is 0 Å². The molecule has 1 heterocycles. The third-order valence-electron chi connectivity index (χ3n) is 4.97. The third-order valence-corrected chi connectivity index (χ3v) is 6.37. The summed E-state index contributed by atoms with van der Waals surface area (Å²) in [4.78, 5) is 0.131. The molecule has 0 saturated carbocycles. The Morgan fingerprint density at radius 1 is 0.968 bits per heavy atom. The van der Waals surface area contributed by atoms with Gasteiger partial charge >= 0.3 is 0 Å². The van der Waals surface area contributed by atoms with Crippen molar-refractivity contribution >= 4 is 10.0 Å². The van der Waals surface area contributed by atoms with Crippen molar-refractivity contribution in [3.8, 4) is 11.5 Å². The Morgan fingerprint density at radius 3 is 2.32 bits per heavy atom. The van der Waals surface area contributed by atoms with Gasteiger partial charge in [-0.05, 0) is 45.4 Å². The summed E-state index contributed by atoms with van der Waals surface area (Å²) in [6, 6.07) is 14.7. The van der Waals surface area contributed by atoms with Gasteiger partial charge in [-0.25, -0.2) is 13.1 Å². The van der Waals surface area contributed by atoms with Crippen molar-refractivity contribution in [2.75, 3.05) is 13.2 Å². The van der Waals surface area contributed by atoms with Crippen LogP contribution in [0.5, 0.6) is 11.5 Å². The first kappa shape index (κ1) is 22.8. The van der Waals surface area contributed by atoms with Crippen molar-refractivity contribution in [1.82, 2.24) is 14.5 Å². The number of nitrogens with zero attached hydrogens (tertiary/aromatic N) is 2. The fourth-order valence-corrected chi connectivity index (χ4v) is 4.36. The van der Waals surface area contributed by atoms with Crippen LogP contribution in [0.4, 0.5) is 0 Å². The maximum atomic E-state index is 12.9. The van der Waals surface area contributed by atoms with E-state index in [-0.39, 0.29) is 11.4 Å². The second kappa shape index (κ2) is 9.98. The number of sulfonamides is 1. The molecule has 166 valence electrons. The summed E-state index contributed by atoms with van der Waals surface area (Å²) in [5.41, 5.74) is 3.75. The number of ether oxygens (including phenoxy) is 2. The monoisotopic (exact) mass is 443 g/mol. The predicted molar refractivity (Wildman–Crippen MR) is 120 cm³/mol. The summed E-state index contributed by atoms with van der Waals surface area (Å²) >= 11 is 0. The van der Waals surface area contributed by atoms with Crippen LogP contribution in [0.3, 0.4) is 0 Å². The van der Waals surface area contributed by atoms with E-state index in [1.807, 2.05) is 62.7 Å². The lowest BCUT2D eigenvalue weighted by Crippen LogP contribution is -2.24. The summed E-state index contributed by atoms with van der Waals surface area (Å²) in [6.45, 7) is 9.23. The predicted octanol–water partition coefficient (Wildman–Crippen LogP) is 3.82. The van der Waals surface area contributed by atoms with Gasteiger partial charge in [0.15, 0.2) is 11.5 Å². The zero-order valence-electron chi connectivity index (χ0n) is 18.4. The highest BCUT2D eigenvalue weighted by atomic mass is 32.2. The Labute approximate surface area is 184 Å². The highest BCUT2D eigenvalue weighted by Gasteiger charge is 2.20. The molecule has 1 N–H and O–H groups in total. The first-order chi connectivity index (χ1) is 14.9. The van der Waals surface area contributed by atoms with Gasteiger partial charge in [0.1, 0.15) is 0 Å². The second-order valence-electron chi connectivity index (χ2n) is 7.09. The normalized spacial score (nSPS) is 11.5. The fourth-order valence-electron chi connectivity index (χ4n) is 3.35. The minimum atomic E-state index is -3.74. The number of rotatable bonds is 10. The molecular formula is C23H29N3O4S. The molecule has 7 nitrogen and oxygen atoms in total. The van der Waals surface area contributed by atoms with Gasteiger partial charge in [-0.15, -0.1) is 0 Å². The van der Waals surface area contributed by atoms with Gasteiger partial charge in [0.05, 0.1) is 30.3 Å². The zero-order chi connectivity index (χ0) is 22.4. The smallest absolute Gasteiger partial charge is 0.241 e. The van der Waals surface area contributed by atoms with Crippen LogP contribution in [0.15, 0.2) is 53.4 Å². The number of benzene rings is 2. The zero-order valence-corrected chi connectivity index (χ0v) is 19.2. The summed E-state index contributed by atoms with van der Waals surface area (Å²) in [5, 5.41) is 4.59. The van der Waals surface area contributed by atoms with E-state index < -0.39 is 10.0 Å². The van der Waals surface area contributed by atoms with E-state index in [2.05, 4.69) is 9.82 Å². The maximum Gasteiger partial charge on any atom is 0.241 e.